The SMILES string of the molecule is CCOc1ccc([C@@H]2C(C(=O)OC)=CN=c3s/c(=C\c4cc(OC)c(OC)c(OC)c4)c(=O)n32)cc1OCC. The molecular formula is C28H30N2O8S. The van der Waals surface area contributed by atoms with Crippen LogP contribution in [0.5, 0.6) is 28.7 Å². The van der Waals surface area contributed by atoms with Crippen LogP contribution in [0.15, 0.2) is 51.9 Å². The van der Waals surface area contributed by atoms with Crippen molar-refractivity contribution in [3.05, 3.63) is 72.9 Å². The van der Waals surface area contributed by atoms with Crippen LogP contribution in [0.2, 0.25) is 0 Å². The molecule has 0 saturated heterocycles. The summed E-state index contributed by atoms with van der Waals surface area (Å²) in [6.07, 6.45) is 3.17. The van der Waals surface area contributed by atoms with Gasteiger partial charge in [-0.15, -0.1) is 0 Å². The van der Waals surface area contributed by atoms with Crippen molar-refractivity contribution in [2.24, 2.45) is 4.99 Å². The van der Waals surface area contributed by atoms with Gasteiger partial charge in [0.15, 0.2) is 27.8 Å². The average Bonchev–Trinajstić information content (AvgIpc) is 3.27. The highest BCUT2D eigenvalue weighted by atomic mass is 32.1. The molecule has 1 aliphatic rings. The van der Waals surface area contributed by atoms with Crippen molar-refractivity contribution in [1.29, 1.82) is 0 Å². The number of thiazole rings is 1. The van der Waals surface area contributed by atoms with E-state index in [0.717, 1.165) is 0 Å². The number of aromatic nitrogens is 1. The summed E-state index contributed by atoms with van der Waals surface area (Å²) in [5.41, 5.74) is 1.21. The molecule has 1 atom stereocenters. The number of carbonyl (C=O) groups is 1. The Morgan fingerprint density at radius 2 is 1.62 bits per heavy atom. The molecule has 0 spiro atoms. The molecule has 2 heterocycles. The third-order valence-corrected chi connectivity index (χ3v) is 6.99. The molecule has 0 N–H and O–H groups in total. The van der Waals surface area contributed by atoms with Gasteiger partial charge in [-0.25, -0.2) is 9.79 Å². The van der Waals surface area contributed by atoms with Crippen LogP contribution in [0.25, 0.3) is 6.08 Å². The zero-order valence-electron chi connectivity index (χ0n) is 22.6. The minimum absolute atomic E-state index is 0.218. The molecule has 206 valence electrons. The molecule has 4 rings (SSSR count). The highest BCUT2D eigenvalue weighted by molar-refractivity contribution is 7.07. The van der Waals surface area contributed by atoms with Gasteiger partial charge in [0.2, 0.25) is 5.75 Å². The van der Waals surface area contributed by atoms with E-state index in [0.29, 0.717) is 62.4 Å². The van der Waals surface area contributed by atoms with Gasteiger partial charge in [0.25, 0.3) is 5.56 Å². The highest BCUT2D eigenvalue weighted by Crippen LogP contribution is 2.38. The first-order chi connectivity index (χ1) is 18.9. The third-order valence-electron chi connectivity index (χ3n) is 5.99. The van der Waals surface area contributed by atoms with Gasteiger partial charge in [-0.3, -0.25) is 9.36 Å². The number of ether oxygens (including phenoxy) is 6. The smallest absolute Gasteiger partial charge is 0.337 e. The van der Waals surface area contributed by atoms with Crippen molar-refractivity contribution < 1.29 is 33.2 Å². The topological polar surface area (TPSA) is 107 Å². The van der Waals surface area contributed by atoms with Crippen LogP contribution < -0.4 is 38.6 Å². The van der Waals surface area contributed by atoms with Gasteiger partial charge in [0.1, 0.15) is 0 Å². The maximum Gasteiger partial charge on any atom is 0.337 e. The first-order valence-electron chi connectivity index (χ1n) is 12.2. The van der Waals surface area contributed by atoms with E-state index in [1.807, 2.05) is 13.8 Å². The van der Waals surface area contributed by atoms with Crippen molar-refractivity contribution in [3.63, 3.8) is 0 Å². The quantitative estimate of drug-likeness (QED) is 0.352. The Hall–Kier alpha value is -4.25. The summed E-state index contributed by atoms with van der Waals surface area (Å²) in [4.78, 5) is 31.5. The van der Waals surface area contributed by atoms with Gasteiger partial charge in [-0.1, -0.05) is 17.4 Å². The second-order valence-corrected chi connectivity index (χ2v) is 9.22. The summed E-state index contributed by atoms with van der Waals surface area (Å²) in [5.74, 6) is 1.86. The van der Waals surface area contributed by atoms with Gasteiger partial charge in [-0.2, -0.15) is 0 Å². The Labute approximate surface area is 229 Å². The van der Waals surface area contributed by atoms with Crippen LogP contribution >= 0.6 is 11.3 Å². The Morgan fingerprint density at radius 3 is 2.21 bits per heavy atom. The molecule has 39 heavy (non-hydrogen) atoms. The molecule has 3 aromatic rings. The normalized spacial score (nSPS) is 14.6. The van der Waals surface area contributed by atoms with Crippen molar-refractivity contribution in [2.75, 3.05) is 41.7 Å². The van der Waals surface area contributed by atoms with Crippen LogP contribution in [0, 0.1) is 0 Å². The first-order valence-corrected chi connectivity index (χ1v) is 13.0. The molecule has 1 aromatic heterocycles. The molecule has 0 fully saturated rings. The van der Waals surface area contributed by atoms with E-state index in [4.69, 9.17) is 28.4 Å². The molecule has 11 heteroatoms. The third kappa shape index (κ3) is 5.35. The van der Waals surface area contributed by atoms with Crippen LogP contribution in [-0.4, -0.2) is 52.2 Å². The summed E-state index contributed by atoms with van der Waals surface area (Å²) in [6, 6.07) is 8.06. The molecule has 0 bridgehead atoms. The number of rotatable bonds is 10. The lowest BCUT2D eigenvalue weighted by molar-refractivity contribution is -0.136. The highest BCUT2D eigenvalue weighted by Gasteiger charge is 2.31. The fourth-order valence-electron chi connectivity index (χ4n) is 4.32. The minimum Gasteiger partial charge on any atom is -0.493 e. The van der Waals surface area contributed by atoms with Crippen molar-refractivity contribution in [2.45, 2.75) is 19.9 Å². The molecule has 0 aliphatic carbocycles. The van der Waals surface area contributed by atoms with Crippen LogP contribution in [0.1, 0.15) is 31.0 Å². The van der Waals surface area contributed by atoms with Crippen molar-refractivity contribution >= 4 is 23.4 Å². The van der Waals surface area contributed by atoms with Gasteiger partial charge in [-0.05, 0) is 55.3 Å². The maximum atomic E-state index is 13.8. The van der Waals surface area contributed by atoms with Gasteiger partial charge < -0.3 is 28.4 Å². The number of nitrogens with zero attached hydrogens (tertiary/aromatic N) is 2. The van der Waals surface area contributed by atoms with Crippen LogP contribution in [0.3, 0.4) is 0 Å². The van der Waals surface area contributed by atoms with E-state index in [2.05, 4.69) is 4.99 Å². The summed E-state index contributed by atoms with van der Waals surface area (Å²) < 4.78 is 34.7. The Bertz CT molecular complexity index is 1560. The van der Waals surface area contributed by atoms with Crippen LogP contribution in [-0.2, 0) is 9.53 Å². The van der Waals surface area contributed by atoms with Crippen molar-refractivity contribution in [1.82, 2.24) is 4.57 Å². The fraction of sp³-hybridized carbons (Fsp3) is 0.321. The standard InChI is InChI=1S/C28H30N2O8S/c1-7-37-19-10-9-17(14-20(19)38-8-2)24-18(27(32)36-6)15-29-28-30(24)26(31)23(39-28)13-16-11-21(33-3)25(35-5)22(12-16)34-4/h9-15,24H,7-8H2,1-6H3/b23-13-/t24-/m1/s1. The van der Waals surface area contributed by atoms with E-state index in [-0.39, 0.29) is 11.1 Å². The van der Waals surface area contributed by atoms with Gasteiger partial charge in [0, 0.05) is 6.20 Å². The number of fused-ring (bicyclic) bond motifs is 1. The van der Waals surface area contributed by atoms with Crippen molar-refractivity contribution in [3.8, 4) is 28.7 Å². The van der Waals surface area contributed by atoms with E-state index >= 15 is 0 Å². The predicted octanol–water partition coefficient (Wildman–Crippen LogP) is 2.84. The molecule has 2 aromatic carbocycles. The van der Waals surface area contributed by atoms with Gasteiger partial charge in [0.05, 0.1) is 57.8 Å². The zero-order chi connectivity index (χ0) is 28.1. The van der Waals surface area contributed by atoms with E-state index < -0.39 is 12.0 Å². The number of methoxy groups -OCH3 is 4. The molecule has 0 saturated carbocycles. The average molecular weight is 555 g/mol. The molecule has 0 unspecified atom stereocenters. The fourth-order valence-corrected chi connectivity index (χ4v) is 5.29. The first kappa shape index (κ1) is 27.8. The second-order valence-electron chi connectivity index (χ2n) is 8.21. The number of carbonyl (C=O) groups excluding carboxylic acids is 1. The van der Waals surface area contributed by atoms with E-state index in [1.54, 1.807) is 36.4 Å². The van der Waals surface area contributed by atoms with E-state index in [1.165, 1.54) is 50.5 Å². The summed E-state index contributed by atoms with van der Waals surface area (Å²) >= 11 is 1.20. The summed E-state index contributed by atoms with van der Waals surface area (Å²) in [5, 5.41) is 0. The summed E-state index contributed by atoms with van der Waals surface area (Å²) in [7, 11) is 5.86. The minimum atomic E-state index is -0.786. The zero-order valence-corrected chi connectivity index (χ0v) is 23.4. The number of esters is 1. The molecule has 0 radical (unpaired) electrons. The molecule has 0 amide bonds. The molecule has 1 aliphatic heterocycles. The number of hydrogen-bond donors (Lipinski definition) is 0. The largest absolute Gasteiger partial charge is 0.493 e. The number of hydrogen-bond acceptors (Lipinski definition) is 10. The monoisotopic (exact) mass is 554 g/mol. The predicted molar refractivity (Wildman–Crippen MR) is 146 cm³/mol. The lowest BCUT2D eigenvalue weighted by Gasteiger charge is -2.23. The Morgan fingerprint density at radius 1 is 0.949 bits per heavy atom. The molecular weight excluding hydrogens is 524 g/mol. The van der Waals surface area contributed by atoms with Crippen LogP contribution in [0.4, 0.5) is 0 Å². The summed E-state index contributed by atoms with van der Waals surface area (Å²) in [6.45, 7) is 4.63. The van der Waals surface area contributed by atoms with E-state index in [9.17, 15) is 9.59 Å². The maximum absolute atomic E-state index is 13.8. The lowest BCUT2D eigenvalue weighted by atomic mass is 9.97. The molecule has 10 nitrogen and oxygen atoms in total. The second kappa shape index (κ2) is 12.1. The van der Waals surface area contributed by atoms with Gasteiger partial charge >= 0.3 is 5.97 Å². The number of benzene rings is 2. The Balaban J connectivity index is 1.91. The lowest BCUT2D eigenvalue weighted by Crippen LogP contribution is -2.39. The Kier molecular flexibility index (Phi) is 8.60.